The molecule has 0 spiro atoms. The number of carboxylic acids is 1. The van der Waals surface area contributed by atoms with E-state index in [4.69, 9.17) is 4.42 Å². The van der Waals surface area contributed by atoms with E-state index in [1.807, 2.05) is 17.0 Å². The molecule has 1 amide bonds. The lowest BCUT2D eigenvalue weighted by Crippen LogP contribution is -2.38. The van der Waals surface area contributed by atoms with Gasteiger partial charge in [0, 0.05) is 13.0 Å². The van der Waals surface area contributed by atoms with Crippen LogP contribution < -0.4 is 0 Å². The van der Waals surface area contributed by atoms with E-state index in [0.29, 0.717) is 6.42 Å². The molecule has 0 radical (unpaired) electrons. The molecule has 1 unspecified atom stereocenters. The van der Waals surface area contributed by atoms with Gasteiger partial charge in [0.15, 0.2) is 0 Å². The third-order valence-corrected chi connectivity index (χ3v) is 5.66. The Labute approximate surface area is 143 Å². The van der Waals surface area contributed by atoms with Crippen molar-refractivity contribution in [3.05, 3.63) is 24.2 Å². The van der Waals surface area contributed by atoms with E-state index in [1.54, 1.807) is 6.26 Å². The van der Waals surface area contributed by atoms with Crippen LogP contribution in [0.15, 0.2) is 22.8 Å². The molecule has 5 nitrogen and oxygen atoms in total. The number of carbonyl (C=O) groups excluding carboxylic acids is 1. The molecule has 2 fully saturated rings. The van der Waals surface area contributed by atoms with Gasteiger partial charge in [-0.2, -0.15) is 0 Å². The predicted molar refractivity (Wildman–Crippen MR) is 89.4 cm³/mol. The SMILES string of the molecule is O=C(O)CC1(CC(=O)N2CCCCCC2c2ccco2)CCCC1. The van der Waals surface area contributed by atoms with Gasteiger partial charge < -0.3 is 14.4 Å². The van der Waals surface area contributed by atoms with Crippen molar-refractivity contribution >= 4 is 11.9 Å². The molecule has 1 aromatic heterocycles. The summed E-state index contributed by atoms with van der Waals surface area (Å²) in [5.74, 6) is 0.161. The highest BCUT2D eigenvalue weighted by atomic mass is 16.4. The number of nitrogens with zero attached hydrogens (tertiary/aromatic N) is 1. The first kappa shape index (κ1) is 17.1. The Bertz CT molecular complexity index is 560. The smallest absolute Gasteiger partial charge is 0.303 e. The number of furan rings is 1. The van der Waals surface area contributed by atoms with E-state index in [9.17, 15) is 14.7 Å². The summed E-state index contributed by atoms with van der Waals surface area (Å²) in [6, 6.07) is 3.81. The summed E-state index contributed by atoms with van der Waals surface area (Å²) < 4.78 is 5.58. The van der Waals surface area contributed by atoms with Crippen molar-refractivity contribution in [3.63, 3.8) is 0 Å². The molecule has 2 heterocycles. The monoisotopic (exact) mass is 333 g/mol. The molecule has 1 atom stereocenters. The predicted octanol–water partition coefficient (Wildman–Crippen LogP) is 4.15. The lowest BCUT2D eigenvalue weighted by molar-refractivity contribution is -0.142. The minimum absolute atomic E-state index is 0.00159. The molecule has 24 heavy (non-hydrogen) atoms. The molecule has 1 saturated carbocycles. The van der Waals surface area contributed by atoms with Crippen LogP contribution in [0.5, 0.6) is 0 Å². The second kappa shape index (κ2) is 7.41. The number of rotatable bonds is 5. The lowest BCUT2D eigenvalue weighted by Gasteiger charge is -2.33. The molecule has 1 N–H and O–H groups in total. The second-order valence-electron chi connectivity index (χ2n) is 7.42. The van der Waals surface area contributed by atoms with E-state index >= 15 is 0 Å². The third kappa shape index (κ3) is 3.82. The number of hydrogen-bond acceptors (Lipinski definition) is 3. The molecule has 3 rings (SSSR count). The van der Waals surface area contributed by atoms with Gasteiger partial charge in [-0.05, 0) is 43.2 Å². The average Bonchev–Trinajstić information content (AvgIpc) is 3.14. The van der Waals surface area contributed by atoms with Gasteiger partial charge in [0.1, 0.15) is 5.76 Å². The lowest BCUT2D eigenvalue weighted by atomic mass is 9.79. The summed E-state index contributed by atoms with van der Waals surface area (Å²) in [6.45, 7) is 0.743. The summed E-state index contributed by atoms with van der Waals surface area (Å²) >= 11 is 0. The van der Waals surface area contributed by atoms with Gasteiger partial charge in [-0.25, -0.2) is 0 Å². The minimum Gasteiger partial charge on any atom is -0.481 e. The maximum atomic E-state index is 13.1. The van der Waals surface area contributed by atoms with Crippen molar-refractivity contribution in [1.29, 1.82) is 0 Å². The van der Waals surface area contributed by atoms with Crippen LogP contribution >= 0.6 is 0 Å². The summed E-state index contributed by atoms with van der Waals surface area (Å²) in [7, 11) is 0. The van der Waals surface area contributed by atoms with Crippen molar-refractivity contribution in [2.75, 3.05) is 6.54 Å². The highest BCUT2D eigenvalue weighted by Crippen LogP contribution is 2.45. The molecule has 1 aliphatic heterocycles. The first-order valence-electron chi connectivity index (χ1n) is 9.14. The van der Waals surface area contributed by atoms with E-state index in [-0.39, 0.29) is 23.8 Å². The summed E-state index contributed by atoms with van der Waals surface area (Å²) in [6.07, 6.45) is 10.0. The Morgan fingerprint density at radius 3 is 2.62 bits per heavy atom. The average molecular weight is 333 g/mol. The van der Waals surface area contributed by atoms with Crippen molar-refractivity contribution in [2.24, 2.45) is 5.41 Å². The Kier molecular flexibility index (Phi) is 5.27. The number of hydrogen-bond donors (Lipinski definition) is 1. The summed E-state index contributed by atoms with van der Waals surface area (Å²) in [4.78, 5) is 26.3. The highest BCUT2D eigenvalue weighted by Gasteiger charge is 2.40. The van der Waals surface area contributed by atoms with Gasteiger partial charge in [-0.3, -0.25) is 9.59 Å². The van der Waals surface area contributed by atoms with Crippen molar-refractivity contribution in [1.82, 2.24) is 4.90 Å². The van der Waals surface area contributed by atoms with Crippen LogP contribution in [-0.4, -0.2) is 28.4 Å². The van der Waals surface area contributed by atoms with E-state index in [2.05, 4.69) is 0 Å². The summed E-state index contributed by atoms with van der Waals surface area (Å²) in [5.41, 5.74) is -0.344. The first-order valence-corrected chi connectivity index (χ1v) is 9.14. The van der Waals surface area contributed by atoms with Crippen LogP contribution in [0.2, 0.25) is 0 Å². The van der Waals surface area contributed by atoms with Crippen LogP contribution in [0.1, 0.15) is 76.0 Å². The zero-order chi connectivity index (χ0) is 17.0. The normalized spacial score (nSPS) is 23.8. The molecule has 0 aromatic carbocycles. The maximum absolute atomic E-state index is 13.1. The van der Waals surface area contributed by atoms with Crippen LogP contribution in [0.3, 0.4) is 0 Å². The Morgan fingerprint density at radius 1 is 1.17 bits per heavy atom. The topological polar surface area (TPSA) is 70.8 Å². The number of likely N-dealkylation sites (tertiary alicyclic amines) is 1. The van der Waals surface area contributed by atoms with Crippen LogP contribution in [0, 0.1) is 5.41 Å². The van der Waals surface area contributed by atoms with Crippen molar-refractivity contribution in [2.45, 2.75) is 70.3 Å². The summed E-state index contributed by atoms with van der Waals surface area (Å²) in [5, 5.41) is 9.27. The number of amides is 1. The zero-order valence-electron chi connectivity index (χ0n) is 14.2. The zero-order valence-corrected chi connectivity index (χ0v) is 14.2. The molecule has 1 saturated heterocycles. The Morgan fingerprint density at radius 2 is 1.96 bits per heavy atom. The first-order chi connectivity index (χ1) is 11.6. The molecule has 0 bridgehead atoms. The van der Waals surface area contributed by atoms with E-state index < -0.39 is 5.97 Å². The van der Waals surface area contributed by atoms with Gasteiger partial charge >= 0.3 is 5.97 Å². The van der Waals surface area contributed by atoms with Gasteiger partial charge in [0.25, 0.3) is 0 Å². The van der Waals surface area contributed by atoms with Crippen molar-refractivity contribution < 1.29 is 19.1 Å². The largest absolute Gasteiger partial charge is 0.481 e. The van der Waals surface area contributed by atoms with Gasteiger partial charge in [0.05, 0.1) is 18.7 Å². The molecule has 5 heteroatoms. The quantitative estimate of drug-likeness (QED) is 0.879. The Balaban J connectivity index is 1.76. The number of carboxylic acid groups (broad SMARTS) is 1. The number of carbonyl (C=O) groups is 2. The fraction of sp³-hybridized carbons (Fsp3) is 0.684. The van der Waals surface area contributed by atoms with Gasteiger partial charge in [0.2, 0.25) is 5.91 Å². The van der Waals surface area contributed by atoms with Crippen molar-refractivity contribution in [3.8, 4) is 0 Å². The molecule has 132 valence electrons. The van der Waals surface area contributed by atoms with Gasteiger partial charge in [-0.15, -0.1) is 0 Å². The fourth-order valence-corrected chi connectivity index (χ4v) is 4.47. The minimum atomic E-state index is -0.789. The second-order valence-corrected chi connectivity index (χ2v) is 7.42. The molecular formula is C19H27NO4. The molecule has 2 aliphatic rings. The fourth-order valence-electron chi connectivity index (χ4n) is 4.47. The van der Waals surface area contributed by atoms with Crippen LogP contribution in [0.25, 0.3) is 0 Å². The maximum Gasteiger partial charge on any atom is 0.303 e. The molecular weight excluding hydrogens is 306 g/mol. The standard InChI is InChI=1S/C19H27NO4/c21-17(13-19(14-18(22)23)9-3-4-10-19)20-11-5-1-2-7-15(20)16-8-6-12-24-16/h6,8,12,15H,1-5,7,9-11,13-14H2,(H,22,23). The highest BCUT2D eigenvalue weighted by molar-refractivity contribution is 5.78. The Hall–Kier alpha value is -1.78. The molecule has 1 aromatic rings. The van der Waals surface area contributed by atoms with Crippen LogP contribution in [0.4, 0.5) is 0 Å². The van der Waals surface area contributed by atoms with E-state index in [1.165, 1.54) is 0 Å². The molecule has 1 aliphatic carbocycles. The third-order valence-electron chi connectivity index (χ3n) is 5.66. The van der Waals surface area contributed by atoms with Crippen LogP contribution in [-0.2, 0) is 9.59 Å². The van der Waals surface area contributed by atoms with Gasteiger partial charge in [-0.1, -0.05) is 25.7 Å². The number of aliphatic carboxylic acids is 1. The van der Waals surface area contributed by atoms with E-state index in [0.717, 1.165) is 63.7 Å².